The lowest BCUT2D eigenvalue weighted by Gasteiger charge is -2.23. The average molecular weight is 337 g/mol. The molecule has 0 radical (unpaired) electrons. The van der Waals surface area contributed by atoms with Crippen molar-refractivity contribution in [2.75, 3.05) is 0 Å². The van der Waals surface area contributed by atoms with Gasteiger partial charge in [-0.05, 0) is 24.6 Å². The summed E-state index contributed by atoms with van der Waals surface area (Å²) in [4.78, 5) is 22.8. The zero-order valence-corrected chi connectivity index (χ0v) is 12.8. The molecule has 1 rings (SSSR count). The lowest BCUT2D eigenvalue weighted by atomic mass is 10.0. The molecule has 0 bridgehead atoms. The Morgan fingerprint density at radius 1 is 1.18 bits per heavy atom. The van der Waals surface area contributed by atoms with Gasteiger partial charge in [0.25, 0.3) is 0 Å². The fourth-order valence-electron chi connectivity index (χ4n) is 1.85. The Kier molecular flexibility index (Phi) is 6.22. The third-order valence-corrected chi connectivity index (χ3v) is 3.09. The number of hydrogen-bond acceptors (Lipinski definition) is 2. The van der Waals surface area contributed by atoms with Gasteiger partial charge in [-0.3, -0.25) is 9.59 Å². The normalized spacial score (nSPS) is 14.1. The van der Waals surface area contributed by atoms with Crippen LogP contribution in [0, 0.1) is 0 Å². The molecule has 0 heterocycles. The Morgan fingerprint density at radius 3 is 2.18 bits per heavy atom. The number of nitrogens with one attached hydrogen (secondary N) is 2. The Morgan fingerprint density at radius 2 is 1.73 bits per heavy atom. The van der Waals surface area contributed by atoms with E-state index in [-0.39, 0.29) is 5.56 Å². The highest BCUT2D eigenvalue weighted by atomic mass is 35.5. The first-order chi connectivity index (χ1) is 10.1. The molecule has 0 aliphatic carbocycles. The van der Waals surface area contributed by atoms with Crippen molar-refractivity contribution >= 4 is 23.4 Å². The van der Waals surface area contributed by atoms with E-state index >= 15 is 0 Å². The molecule has 8 heteroatoms. The molecule has 0 fully saturated rings. The summed E-state index contributed by atoms with van der Waals surface area (Å²) >= 11 is 5.71. The molecular weight excluding hydrogens is 321 g/mol. The summed E-state index contributed by atoms with van der Waals surface area (Å²) < 4.78 is 38.1. The lowest BCUT2D eigenvalue weighted by molar-refractivity contribution is -0.143. The van der Waals surface area contributed by atoms with E-state index in [1.54, 1.807) is 0 Å². The fraction of sp³-hybridized carbons (Fsp3) is 0.429. The second-order valence-electron chi connectivity index (χ2n) is 4.85. The molecule has 2 amide bonds. The predicted molar refractivity (Wildman–Crippen MR) is 76.3 cm³/mol. The van der Waals surface area contributed by atoms with Crippen molar-refractivity contribution < 1.29 is 22.8 Å². The lowest BCUT2D eigenvalue weighted by Crippen LogP contribution is -2.45. The van der Waals surface area contributed by atoms with Crippen LogP contribution < -0.4 is 10.6 Å². The van der Waals surface area contributed by atoms with Crippen LogP contribution in [0.4, 0.5) is 13.2 Å². The first-order valence-electron chi connectivity index (χ1n) is 6.48. The van der Waals surface area contributed by atoms with Gasteiger partial charge >= 0.3 is 6.18 Å². The summed E-state index contributed by atoms with van der Waals surface area (Å²) in [5.74, 6) is -1.14. The number of rotatable bonds is 5. The Bertz CT molecular complexity index is 532. The van der Waals surface area contributed by atoms with Crippen LogP contribution in [-0.2, 0) is 9.59 Å². The summed E-state index contributed by atoms with van der Waals surface area (Å²) in [6.07, 6.45) is -5.66. The number of alkyl halides is 3. The van der Waals surface area contributed by atoms with Crippen LogP contribution in [-0.4, -0.2) is 24.0 Å². The highest BCUT2D eigenvalue weighted by Crippen LogP contribution is 2.30. The molecule has 0 aliphatic heterocycles. The molecule has 0 unspecified atom stereocenters. The van der Waals surface area contributed by atoms with Gasteiger partial charge in [0.05, 0.1) is 12.5 Å². The van der Waals surface area contributed by atoms with Gasteiger partial charge in [0.15, 0.2) is 0 Å². The highest BCUT2D eigenvalue weighted by Gasteiger charge is 2.34. The van der Waals surface area contributed by atoms with E-state index in [0.717, 1.165) is 0 Å². The van der Waals surface area contributed by atoms with Crippen molar-refractivity contribution in [2.24, 2.45) is 0 Å². The van der Waals surface area contributed by atoms with Crippen LogP contribution in [0.25, 0.3) is 0 Å². The van der Waals surface area contributed by atoms with E-state index in [2.05, 4.69) is 10.6 Å². The van der Waals surface area contributed by atoms with Crippen molar-refractivity contribution in [1.82, 2.24) is 10.6 Å². The second-order valence-corrected chi connectivity index (χ2v) is 5.29. The molecule has 0 aromatic heterocycles. The zero-order chi connectivity index (χ0) is 16.9. The van der Waals surface area contributed by atoms with Gasteiger partial charge in [0.1, 0.15) is 6.04 Å². The van der Waals surface area contributed by atoms with E-state index < -0.39 is 36.5 Å². The standard InChI is InChI=1S/C14H16ClF3N2O2/c1-8(19-9(2)21)13(22)20-12(7-14(16,17)18)10-3-5-11(15)6-4-10/h3-6,8,12H,7H2,1-2H3,(H,19,21)(H,20,22)/t8-,12-/m0/s1. The molecule has 0 aliphatic rings. The minimum Gasteiger partial charge on any atom is -0.347 e. The highest BCUT2D eigenvalue weighted by molar-refractivity contribution is 6.30. The topological polar surface area (TPSA) is 58.2 Å². The maximum absolute atomic E-state index is 12.7. The molecular formula is C14H16ClF3N2O2. The maximum atomic E-state index is 12.7. The summed E-state index contributed by atoms with van der Waals surface area (Å²) in [6, 6.07) is 3.55. The molecule has 0 saturated carbocycles. The van der Waals surface area contributed by atoms with Crippen LogP contribution in [0.5, 0.6) is 0 Å². The molecule has 122 valence electrons. The van der Waals surface area contributed by atoms with Gasteiger partial charge in [-0.2, -0.15) is 13.2 Å². The van der Waals surface area contributed by atoms with Crippen molar-refractivity contribution in [3.8, 4) is 0 Å². The fourth-order valence-corrected chi connectivity index (χ4v) is 1.97. The third-order valence-electron chi connectivity index (χ3n) is 2.84. The molecule has 4 nitrogen and oxygen atoms in total. The van der Waals surface area contributed by atoms with Crippen molar-refractivity contribution in [3.05, 3.63) is 34.9 Å². The summed E-state index contributed by atoms with van der Waals surface area (Å²) in [5.41, 5.74) is 0.283. The van der Waals surface area contributed by atoms with E-state index in [4.69, 9.17) is 11.6 Å². The van der Waals surface area contributed by atoms with Crippen molar-refractivity contribution in [2.45, 2.75) is 38.5 Å². The molecule has 2 N–H and O–H groups in total. The molecule has 1 aromatic rings. The predicted octanol–water partition coefficient (Wildman–Crippen LogP) is 2.97. The largest absolute Gasteiger partial charge is 0.391 e. The van der Waals surface area contributed by atoms with Crippen LogP contribution in [0.3, 0.4) is 0 Å². The summed E-state index contributed by atoms with van der Waals surface area (Å²) in [5, 5.41) is 5.00. The quantitative estimate of drug-likeness (QED) is 0.868. The Hall–Kier alpha value is -1.76. The number of halogens is 4. The van der Waals surface area contributed by atoms with Crippen LogP contribution in [0.1, 0.15) is 31.9 Å². The van der Waals surface area contributed by atoms with Gasteiger partial charge < -0.3 is 10.6 Å². The SMILES string of the molecule is CC(=O)N[C@@H](C)C(=O)N[C@@H](CC(F)(F)F)c1ccc(Cl)cc1. The number of hydrogen-bond donors (Lipinski definition) is 2. The minimum absolute atomic E-state index is 0.283. The molecule has 0 spiro atoms. The number of carbonyl (C=O) groups is 2. The van der Waals surface area contributed by atoms with Crippen LogP contribution in [0.2, 0.25) is 5.02 Å². The Labute approximate surface area is 131 Å². The second kappa shape index (κ2) is 7.49. The van der Waals surface area contributed by atoms with E-state index in [1.165, 1.54) is 38.1 Å². The van der Waals surface area contributed by atoms with Gasteiger partial charge in [-0.15, -0.1) is 0 Å². The smallest absolute Gasteiger partial charge is 0.347 e. The van der Waals surface area contributed by atoms with Crippen LogP contribution >= 0.6 is 11.6 Å². The van der Waals surface area contributed by atoms with Gasteiger partial charge in [-0.1, -0.05) is 23.7 Å². The zero-order valence-electron chi connectivity index (χ0n) is 12.0. The number of benzene rings is 1. The van der Waals surface area contributed by atoms with Crippen molar-refractivity contribution in [1.29, 1.82) is 0 Å². The first kappa shape index (κ1) is 18.3. The van der Waals surface area contributed by atoms with E-state index in [0.29, 0.717) is 5.02 Å². The number of carbonyl (C=O) groups excluding carboxylic acids is 2. The monoisotopic (exact) mass is 336 g/mol. The minimum atomic E-state index is -4.45. The van der Waals surface area contributed by atoms with E-state index in [1.807, 2.05) is 0 Å². The third kappa shape index (κ3) is 6.34. The molecule has 1 aromatic carbocycles. The van der Waals surface area contributed by atoms with Gasteiger partial charge in [0, 0.05) is 11.9 Å². The Balaban J connectivity index is 2.89. The molecule has 2 atom stereocenters. The summed E-state index contributed by atoms with van der Waals surface area (Å²) in [7, 11) is 0. The molecule has 0 saturated heterocycles. The first-order valence-corrected chi connectivity index (χ1v) is 6.86. The van der Waals surface area contributed by atoms with Gasteiger partial charge in [-0.25, -0.2) is 0 Å². The van der Waals surface area contributed by atoms with Crippen molar-refractivity contribution in [3.63, 3.8) is 0 Å². The molecule has 22 heavy (non-hydrogen) atoms. The number of amides is 2. The van der Waals surface area contributed by atoms with Gasteiger partial charge in [0.2, 0.25) is 11.8 Å². The van der Waals surface area contributed by atoms with E-state index in [9.17, 15) is 22.8 Å². The maximum Gasteiger partial charge on any atom is 0.391 e. The average Bonchev–Trinajstić information content (AvgIpc) is 2.36. The summed E-state index contributed by atoms with van der Waals surface area (Å²) in [6.45, 7) is 2.61. The van der Waals surface area contributed by atoms with Crippen LogP contribution in [0.15, 0.2) is 24.3 Å².